The van der Waals surface area contributed by atoms with Crippen molar-refractivity contribution >= 4 is 28.1 Å². The Kier molecular flexibility index (Phi) is 5.70. The molecule has 0 saturated carbocycles. The first-order valence-electron chi connectivity index (χ1n) is 6.66. The van der Waals surface area contributed by atoms with E-state index in [0.717, 1.165) is 9.92 Å². The molecule has 22 heavy (non-hydrogen) atoms. The van der Waals surface area contributed by atoms with E-state index in [4.69, 9.17) is 0 Å². The third-order valence-corrected chi connectivity index (χ3v) is 5.65. The van der Waals surface area contributed by atoms with Gasteiger partial charge in [0.05, 0.1) is 4.90 Å². The summed E-state index contributed by atoms with van der Waals surface area (Å²) < 4.78 is 27.0. The first-order chi connectivity index (χ1) is 10.5. The highest BCUT2D eigenvalue weighted by atomic mass is 32.2. The minimum absolute atomic E-state index is 0.100. The molecular formula is C15H16N2O3S2. The standard InChI is InChI=1S/C15H16N2O3S2/c1-12-13(21-15-8-2-3-9-16-15)6-4-7-14(12)22(19,20)17-10-5-11-18/h2-4,6-9,11,17H,5,10H2,1H3. The van der Waals surface area contributed by atoms with Gasteiger partial charge in [-0.3, -0.25) is 0 Å². The second-order valence-corrected chi connectivity index (χ2v) is 7.30. The first-order valence-corrected chi connectivity index (χ1v) is 8.96. The van der Waals surface area contributed by atoms with Crippen LogP contribution in [0.4, 0.5) is 0 Å². The lowest BCUT2D eigenvalue weighted by atomic mass is 10.2. The molecule has 2 aromatic rings. The summed E-state index contributed by atoms with van der Waals surface area (Å²) in [6.45, 7) is 1.86. The maximum absolute atomic E-state index is 12.3. The van der Waals surface area contributed by atoms with Crippen molar-refractivity contribution in [3.8, 4) is 0 Å². The molecule has 0 fully saturated rings. The number of hydrogen-bond acceptors (Lipinski definition) is 5. The zero-order chi connectivity index (χ0) is 16.0. The van der Waals surface area contributed by atoms with E-state index >= 15 is 0 Å². The number of carbonyl (C=O) groups excluding carboxylic acids is 1. The summed E-state index contributed by atoms with van der Waals surface area (Å²) in [5.74, 6) is 0. The molecule has 0 spiro atoms. The van der Waals surface area contributed by atoms with E-state index in [0.29, 0.717) is 11.8 Å². The molecule has 2 rings (SSSR count). The van der Waals surface area contributed by atoms with Gasteiger partial charge in [0.15, 0.2) is 0 Å². The second-order valence-electron chi connectivity index (χ2n) is 4.50. The van der Waals surface area contributed by atoms with Crippen molar-refractivity contribution in [2.45, 2.75) is 28.2 Å². The van der Waals surface area contributed by atoms with Gasteiger partial charge in [0, 0.05) is 24.1 Å². The maximum Gasteiger partial charge on any atom is 0.240 e. The number of pyridine rings is 1. The molecule has 1 N–H and O–H groups in total. The Labute approximate surface area is 134 Å². The lowest BCUT2D eigenvalue weighted by Crippen LogP contribution is -2.25. The molecular weight excluding hydrogens is 320 g/mol. The summed E-state index contributed by atoms with van der Waals surface area (Å²) >= 11 is 1.41. The Morgan fingerprint density at radius 3 is 2.73 bits per heavy atom. The van der Waals surface area contributed by atoms with Crippen LogP contribution in [0.15, 0.2) is 57.4 Å². The number of sulfonamides is 1. The highest BCUT2D eigenvalue weighted by molar-refractivity contribution is 7.99. The van der Waals surface area contributed by atoms with Crippen molar-refractivity contribution < 1.29 is 13.2 Å². The summed E-state index contributed by atoms with van der Waals surface area (Å²) in [4.78, 5) is 15.6. The van der Waals surface area contributed by atoms with Crippen LogP contribution in [0.3, 0.4) is 0 Å². The van der Waals surface area contributed by atoms with Crippen LogP contribution in [-0.4, -0.2) is 26.2 Å². The van der Waals surface area contributed by atoms with Gasteiger partial charge >= 0.3 is 0 Å². The number of aromatic nitrogens is 1. The van der Waals surface area contributed by atoms with Crippen molar-refractivity contribution in [3.05, 3.63) is 48.2 Å². The fourth-order valence-electron chi connectivity index (χ4n) is 1.85. The third-order valence-electron chi connectivity index (χ3n) is 2.93. The van der Waals surface area contributed by atoms with E-state index in [2.05, 4.69) is 9.71 Å². The highest BCUT2D eigenvalue weighted by Gasteiger charge is 2.18. The second kappa shape index (κ2) is 7.53. The average Bonchev–Trinajstić information content (AvgIpc) is 2.50. The lowest BCUT2D eigenvalue weighted by molar-refractivity contribution is -0.107. The molecule has 1 aromatic carbocycles. The van der Waals surface area contributed by atoms with Gasteiger partial charge in [-0.2, -0.15) is 0 Å². The summed E-state index contributed by atoms with van der Waals surface area (Å²) in [6, 6.07) is 10.7. The van der Waals surface area contributed by atoms with Crippen molar-refractivity contribution in [2.24, 2.45) is 0 Å². The van der Waals surface area contributed by atoms with E-state index in [9.17, 15) is 13.2 Å². The SMILES string of the molecule is Cc1c(Sc2ccccn2)cccc1S(=O)(=O)NCCC=O. The van der Waals surface area contributed by atoms with Crippen LogP contribution in [0.2, 0.25) is 0 Å². The molecule has 116 valence electrons. The average molecular weight is 336 g/mol. The minimum Gasteiger partial charge on any atom is -0.303 e. The number of benzene rings is 1. The predicted molar refractivity (Wildman–Crippen MR) is 85.4 cm³/mol. The lowest BCUT2D eigenvalue weighted by Gasteiger charge is -2.11. The third kappa shape index (κ3) is 4.16. The Morgan fingerprint density at radius 1 is 1.23 bits per heavy atom. The molecule has 0 radical (unpaired) electrons. The molecule has 0 atom stereocenters. The van der Waals surface area contributed by atoms with Crippen molar-refractivity contribution in [1.29, 1.82) is 0 Å². The number of carbonyl (C=O) groups is 1. The van der Waals surface area contributed by atoms with Gasteiger partial charge < -0.3 is 4.79 Å². The monoisotopic (exact) mass is 336 g/mol. The molecule has 0 aliphatic carbocycles. The number of nitrogens with one attached hydrogen (secondary N) is 1. The summed E-state index contributed by atoms with van der Waals surface area (Å²) in [5, 5.41) is 0.800. The van der Waals surface area contributed by atoms with E-state index in [-0.39, 0.29) is 17.9 Å². The zero-order valence-corrected chi connectivity index (χ0v) is 13.7. The van der Waals surface area contributed by atoms with Crippen molar-refractivity contribution in [2.75, 3.05) is 6.54 Å². The minimum atomic E-state index is -3.62. The van der Waals surface area contributed by atoms with Gasteiger partial charge in [0.1, 0.15) is 11.3 Å². The van der Waals surface area contributed by atoms with Gasteiger partial charge in [-0.25, -0.2) is 18.1 Å². The molecule has 1 heterocycles. The van der Waals surface area contributed by atoms with Gasteiger partial charge in [-0.05, 0) is 36.8 Å². The Balaban J connectivity index is 2.27. The van der Waals surface area contributed by atoms with E-state index in [1.54, 1.807) is 25.3 Å². The largest absolute Gasteiger partial charge is 0.303 e. The molecule has 5 nitrogen and oxygen atoms in total. The number of rotatable bonds is 7. The molecule has 0 aliphatic heterocycles. The van der Waals surface area contributed by atoms with Crippen LogP contribution in [0.5, 0.6) is 0 Å². The molecule has 1 aromatic heterocycles. The maximum atomic E-state index is 12.3. The number of hydrogen-bond donors (Lipinski definition) is 1. The van der Waals surface area contributed by atoms with E-state index in [1.807, 2.05) is 24.3 Å². The Morgan fingerprint density at radius 2 is 2.05 bits per heavy atom. The normalized spacial score (nSPS) is 11.3. The summed E-state index contributed by atoms with van der Waals surface area (Å²) in [7, 11) is -3.62. The topological polar surface area (TPSA) is 76.1 Å². The molecule has 0 amide bonds. The van der Waals surface area contributed by atoms with E-state index in [1.165, 1.54) is 11.8 Å². The van der Waals surface area contributed by atoms with Crippen LogP contribution in [0.25, 0.3) is 0 Å². The predicted octanol–water partition coefficient (Wildman–Crippen LogP) is 2.41. The number of nitrogens with zero attached hydrogens (tertiary/aromatic N) is 1. The summed E-state index contributed by atoms with van der Waals surface area (Å²) in [5.41, 5.74) is 0.664. The van der Waals surface area contributed by atoms with Crippen LogP contribution >= 0.6 is 11.8 Å². The van der Waals surface area contributed by atoms with Crippen LogP contribution < -0.4 is 4.72 Å². The van der Waals surface area contributed by atoms with E-state index < -0.39 is 10.0 Å². The van der Waals surface area contributed by atoms with Gasteiger partial charge in [-0.1, -0.05) is 23.9 Å². The fraction of sp³-hybridized carbons (Fsp3) is 0.200. The van der Waals surface area contributed by atoms with Gasteiger partial charge in [-0.15, -0.1) is 0 Å². The fourth-order valence-corrected chi connectivity index (χ4v) is 4.12. The molecule has 0 unspecified atom stereocenters. The zero-order valence-electron chi connectivity index (χ0n) is 12.0. The molecule has 0 bridgehead atoms. The molecule has 0 aliphatic rings. The van der Waals surface area contributed by atoms with Crippen molar-refractivity contribution in [1.82, 2.24) is 9.71 Å². The Bertz CT molecular complexity index is 747. The van der Waals surface area contributed by atoms with Gasteiger partial charge in [0.25, 0.3) is 0 Å². The highest BCUT2D eigenvalue weighted by Crippen LogP contribution is 2.31. The smallest absolute Gasteiger partial charge is 0.240 e. The first kappa shape index (κ1) is 16.7. The van der Waals surface area contributed by atoms with Gasteiger partial charge in [0.2, 0.25) is 10.0 Å². The van der Waals surface area contributed by atoms with Crippen LogP contribution in [0, 0.1) is 6.92 Å². The number of aldehydes is 1. The quantitative estimate of drug-likeness (QED) is 0.621. The van der Waals surface area contributed by atoms with Crippen LogP contribution in [0.1, 0.15) is 12.0 Å². The van der Waals surface area contributed by atoms with Crippen LogP contribution in [-0.2, 0) is 14.8 Å². The molecule has 0 saturated heterocycles. The summed E-state index contributed by atoms with van der Waals surface area (Å²) in [6.07, 6.45) is 2.53. The molecule has 7 heteroatoms. The van der Waals surface area contributed by atoms with Crippen molar-refractivity contribution in [3.63, 3.8) is 0 Å². The Hall–Kier alpha value is -1.70.